The third-order valence-corrected chi connectivity index (χ3v) is 2.42. The summed E-state index contributed by atoms with van der Waals surface area (Å²) in [5.41, 5.74) is 0.564. The molecule has 0 aliphatic rings. The van der Waals surface area contributed by atoms with E-state index in [-0.39, 0.29) is 5.91 Å². The van der Waals surface area contributed by atoms with Crippen LogP contribution in [0.3, 0.4) is 0 Å². The molecule has 1 aromatic rings. The number of amides is 1. The van der Waals surface area contributed by atoms with Crippen LogP contribution in [0, 0.1) is 23.7 Å². The fourth-order valence-corrected chi connectivity index (χ4v) is 1.53. The first-order valence-electron chi connectivity index (χ1n) is 5.32. The van der Waals surface area contributed by atoms with E-state index in [0.29, 0.717) is 17.8 Å². The van der Waals surface area contributed by atoms with E-state index in [1.165, 1.54) is 11.1 Å². The molecule has 0 N–H and O–H groups in total. The molecule has 0 aliphatic carbocycles. The summed E-state index contributed by atoms with van der Waals surface area (Å²) in [6, 6.07) is 3.81. The minimum Gasteiger partial charge on any atom is -0.340 e. The standard InChI is InChI=1S/C12H16N4O/c1-9-10(5-6-14-15-9)11(17)16(4)8-12(2,3)7-13/h5-6H,8H2,1-4H3. The van der Waals surface area contributed by atoms with Gasteiger partial charge in [-0.15, -0.1) is 0 Å². The molecule has 0 aromatic carbocycles. The number of rotatable bonds is 3. The Balaban J connectivity index is 2.86. The zero-order valence-corrected chi connectivity index (χ0v) is 10.6. The van der Waals surface area contributed by atoms with E-state index in [0.717, 1.165) is 0 Å². The van der Waals surface area contributed by atoms with Crippen molar-refractivity contribution in [3.8, 4) is 6.07 Å². The molecule has 0 aliphatic heterocycles. The Bertz CT molecular complexity index is 462. The van der Waals surface area contributed by atoms with Gasteiger partial charge in [-0.2, -0.15) is 15.5 Å². The van der Waals surface area contributed by atoms with Crippen molar-refractivity contribution >= 4 is 5.91 Å². The van der Waals surface area contributed by atoms with Gasteiger partial charge in [-0.05, 0) is 26.8 Å². The average Bonchev–Trinajstić information content (AvgIpc) is 2.28. The Hall–Kier alpha value is -1.96. The van der Waals surface area contributed by atoms with Gasteiger partial charge in [-0.1, -0.05) is 0 Å². The Morgan fingerprint density at radius 1 is 1.59 bits per heavy atom. The first kappa shape index (κ1) is 13.1. The molecule has 0 bridgehead atoms. The molecule has 5 heteroatoms. The fourth-order valence-electron chi connectivity index (χ4n) is 1.53. The topological polar surface area (TPSA) is 69.9 Å². The Morgan fingerprint density at radius 3 is 2.76 bits per heavy atom. The van der Waals surface area contributed by atoms with Crippen LogP contribution in [0.4, 0.5) is 0 Å². The Kier molecular flexibility index (Phi) is 3.79. The average molecular weight is 232 g/mol. The van der Waals surface area contributed by atoms with Crippen LogP contribution in [0.1, 0.15) is 29.9 Å². The molecule has 1 heterocycles. The van der Waals surface area contributed by atoms with Gasteiger partial charge in [0.2, 0.25) is 0 Å². The lowest BCUT2D eigenvalue weighted by Crippen LogP contribution is -2.35. The van der Waals surface area contributed by atoms with Gasteiger partial charge in [0.25, 0.3) is 5.91 Å². The van der Waals surface area contributed by atoms with Crippen LogP contribution in [-0.4, -0.2) is 34.6 Å². The molecule has 5 nitrogen and oxygen atoms in total. The van der Waals surface area contributed by atoms with Crippen LogP contribution < -0.4 is 0 Å². The minimum absolute atomic E-state index is 0.138. The maximum absolute atomic E-state index is 12.1. The van der Waals surface area contributed by atoms with E-state index in [1.54, 1.807) is 33.9 Å². The molecule has 0 saturated carbocycles. The van der Waals surface area contributed by atoms with E-state index in [9.17, 15) is 4.79 Å². The highest BCUT2D eigenvalue weighted by Crippen LogP contribution is 2.16. The first-order valence-corrected chi connectivity index (χ1v) is 5.32. The summed E-state index contributed by atoms with van der Waals surface area (Å²) in [5.74, 6) is -0.138. The molecular formula is C12H16N4O. The van der Waals surface area contributed by atoms with Crippen LogP contribution in [0.2, 0.25) is 0 Å². The van der Waals surface area contributed by atoms with Crippen molar-refractivity contribution in [1.29, 1.82) is 5.26 Å². The lowest BCUT2D eigenvalue weighted by atomic mass is 9.95. The normalized spacial score (nSPS) is 10.8. The number of carbonyl (C=O) groups excluding carboxylic acids is 1. The third-order valence-electron chi connectivity index (χ3n) is 2.42. The number of aromatic nitrogens is 2. The van der Waals surface area contributed by atoms with Crippen LogP contribution in [0.25, 0.3) is 0 Å². The highest BCUT2D eigenvalue weighted by atomic mass is 16.2. The van der Waals surface area contributed by atoms with Crippen molar-refractivity contribution in [3.05, 3.63) is 23.5 Å². The zero-order valence-electron chi connectivity index (χ0n) is 10.6. The molecule has 0 unspecified atom stereocenters. The minimum atomic E-state index is -0.557. The second-order valence-electron chi connectivity index (χ2n) is 4.69. The zero-order chi connectivity index (χ0) is 13.1. The molecule has 0 fully saturated rings. The summed E-state index contributed by atoms with van der Waals surface area (Å²) < 4.78 is 0. The SMILES string of the molecule is Cc1nnccc1C(=O)N(C)CC(C)(C)C#N. The summed E-state index contributed by atoms with van der Waals surface area (Å²) in [6.07, 6.45) is 1.49. The van der Waals surface area contributed by atoms with E-state index >= 15 is 0 Å². The maximum Gasteiger partial charge on any atom is 0.255 e. The molecule has 1 aromatic heterocycles. The van der Waals surface area contributed by atoms with Gasteiger partial charge in [0.1, 0.15) is 0 Å². The van der Waals surface area contributed by atoms with Gasteiger partial charge in [-0.3, -0.25) is 4.79 Å². The molecule has 0 radical (unpaired) electrons. The van der Waals surface area contributed by atoms with Crippen LogP contribution >= 0.6 is 0 Å². The quantitative estimate of drug-likeness (QED) is 0.790. The van der Waals surface area contributed by atoms with Crippen molar-refractivity contribution in [1.82, 2.24) is 15.1 Å². The van der Waals surface area contributed by atoms with Crippen LogP contribution in [-0.2, 0) is 0 Å². The second-order valence-corrected chi connectivity index (χ2v) is 4.69. The molecule has 90 valence electrons. The molecule has 1 amide bonds. The summed E-state index contributed by atoms with van der Waals surface area (Å²) in [4.78, 5) is 13.6. The molecule has 0 spiro atoms. The number of nitrogens with zero attached hydrogens (tertiary/aromatic N) is 4. The number of carbonyl (C=O) groups is 1. The van der Waals surface area contributed by atoms with Crippen molar-refractivity contribution < 1.29 is 4.79 Å². The summed E-state index contributed by atoms with van der Waals surface area (Å²) in [7, 11) is 1.68. The third kappa shape index (κ3) is 3.25. The van der Waals surface area contributed by atoms with Gasteiger partial charge in [0, 0.05) is 13.6 Å². The largest absolute Gasteiger partial charge is 0.340 e. The molecule has 17 heavy (non-hydrogen) atoms. The smallest absolute Gasteiger partial charge is 0.255 e. The highest BCUT2D eigenvalue weighted by molar-refractivity contribution is 5.94. The predicted molar refractivity (Wildman–Crippen MR) is 63.1 cm³/mol. The van der Waals surface area contributed by atoms with Crippen LogP contribution in [0.15, 0.2) is 12.3 Å². The molecule has 0 atom stereocenters. The summed E-state index contributed by atoms with van der Waals surface area (Å²) >= 11 is 0. The van der Waals surface area contributed by atoms with Gasteiger partial charge in [0.05, 0.1) is 28.9 Å². The Morgan fingerprint density at radius 2 is 2.24 bits per heavy atom. The van der Waals surface area contributed by atoms with Crippen molar-refractivity contribution in [2.45, 2.75) is 20.8 Å². The lowest BCUT2D eigenvalue weighted by molar-refractivity contribution is 0.0759. The van der Waals surface area contributed by atoms with Gasteiger partial charge >= 0.3 is 0 Å². The van der Waals surface area contributed by atoms with Crippen molar-refractivity contribution in [2.24, 2.45) is 5.41 Å². The van der Waals surface area contributed by atoms with E-state index in [1.807, 2.05) is 0 Å². The summed E-state index contributed by atoms with van der Waals surface area (Å²) in [5, 5.41) is 16.5. The number of hydrogen-bond donors (Lipinski definition) is 0. The van der Waals surface area contributed by atoms with E-state index in [2.05, 4.69) is 16.3 Å². The number of aryl methyl sites for hydroxylation is 1. The predicted octanol–water partition coefficient (Wildman–Crippen LogP) is 1.41. The molecule has 1 rings (SSSR count). The molecule has 0 saturated heterocycles. The van der Waals surface area contributed by atoms with Crippen molar-refractivity contribution in [3.63, 3.8) is 0 Å². The van der Waals surface area contributed by atoms with Gasteiger partial charge in [-0.25, -0.2) is 0 Å². The summed E-state index contributed by atoms with van der Waals surface area (Å²) in [6.45, 7) is 5.72. The lowest BCUT2D eigenvalue weighted by Gasteiger charge is -2.24. The maximum atomic E-state index is 12.1. The number of hydrogen-bond acceptors (Lipinski definition) is 4. The van der Waals surface area contributed by atoms with E-state index < -0.39 is 5.41 Å². The van der Waals surface area contributed by atoms with E-state index in [4.69, 9.17) is 5.26 Å². The monoisotopic (exact) mass is 232 g/mol. The Labute approximate surface area is 101 Å². The van der Waals surface area contributed by atoms with Gasteiger partial charge < -0.3 is 4.90 Å². The highest BCUT2D eigenvalue weighted by Gasteiger charge is 2.23. The molecular weight excluding hydrogens is 216 g/mol. The second kappa shape index (κ2) is 4.91. The van der Waals surface area contributed by atoms with Crippen LogP contribution in [0.5, 0.6) is 0 Å². The number of nitriles is 1. The van der Waals surface area contributed by atoms with Crippen molar-refractivity contribution in [2.75, 3.05) is 13.6 Å². The fraction of sp³-hybridized carbons (Fsp3) is 0.500. The van der Waals surface area contributed by atoms with Gasteiger partial charge in [0.15, 0.2) is 0 Å². The first-order chi connectivity index (χ1) is 7.87.